The molecule has 0 aliphatic carbocycles. The van der Waals surface area contributed by atoms with Crippen molar-refractivity contribution < 1.29 is 0 Å². The Morgan fingerprint density at radius 3 is 2.77 bits per heavy atom. The van der Waals surface area contributed by atoms with Crippen LogP contribution in [0.15, 0.2) is 17.2 Å². The van der Waals surface area contributed by atoms with Gasteiger partial charge in [0.25, 0.3) is 0 Å². The number of hydrogen-bond acceptors (Lipinski definition) is 3. The largest absolute Gasteiger partial charge is 0.384 e. The van der Waals surface area contributed by atoms with Gasteiger partial charge in [0.2, 0.25) is 0 Å². The van der Waals surface area contributed by atoms with Gasteiger partial charge in [-0.3, -0.25) is 5.41 Å². The van der Waals surface area contributed by atoms with E-state index >= 15 is 0 Å². The van der Waals surface area contributed by atoms with Crippen molar-refractivity contribution in [1.29, 1.82) is 5.41 Å². The number of aromatic nitrogens is 1. The molecule has 1 aromatic rings. The van der Waals surface area contributed by atoms with Crippen LogP contribution in [0.5, 0.6) is 0 Å². The van der Waals surface area contributed by atoms with Crippen LogP contribution in [0.1, 0.15) is 18.2 Å². The van der Waals surface area contributed by atoms with Crippen LogP contribution in [0.2, 0.25) is 0 Å². The lowest BCUT2D eigenvalue weighted by molar-refractivity contribution is 1.05. The maximum Gasteiger partial charge on any atom is 0.124 e. The van der Waals surface area contributed by atoms with E-state index in [0.29, 0.717) is 0 Å². The van der Waals surface area contributed by atoms with Crippen LogP contribution in [0.25, 0.3) is 0 Å². The molecule has 0 aliphatic rings. The van der Waals surface area contributed by atoms with E-state index in [1.165, 1.54) is 0 Å². The van der Waals surface area contributed by atoms with Gasteiger partial charge in [-0.2, -0.15) is 0 Å². The Morgan fingerprint density at radius 2 is 2.31 bits per heavy atom. The Bertz CT molecular complexity index is 323. The smallest absolute Gasteiger partial charge is 0.124 e. The first-order chi connectivity index (χ1) is 6.15. The van der Waals surface area contributed by atoms with Gasteiger partial charge >= 0.3 is 0 Å². The van der Waals surface area contributed by atoms with Crippen LogP contribution in [-0.2, 0) is 0 Å². The predicted octanol–water partition coefficient (Wildman–Crippen LogP) is 1.79. The number of nitrogens with zero attached hydrogens (tertiary/aromatic N) is 1. The van der Waals surface area contributed by atoms with Crippen LogP contribution in [0.4, 0.5) is 0 Å². The van der Waals surface area contributed by atoms with Crippen molar-refractivity contribution in [3.8, 4) is 0 Å². The molecule has 0 aromatic carbocycles. The number of aryl methyl sites for hydroxylation is 1. The molecule has 0 saturated carbocycles. The minimum absolute atomic E-state index is 0.0815. The lowest BCUT2D eigenvalue weighted by Crippen LogP contribution is -2.13. The summed E-state index contributed by atoms with van der Waals surface area (Å²) in [5.41, 5.74) is 6.92. The molecule has 1 rings (SSSR count). The van der Waals surface area contributed by atoms with E-state index in [1.54, 1.807) is 11.8 Å². The minimum atomic E-state index is 0.0815. The molecule has 1 aromatic heterocycles. The monoisotopic (exact) mass is 195 g/mol. The molecule has 3 N–H and O–H groups in total. The Balaban J connectivity index is 2.98. The normalized spacial score (nSPS) is 10.0. The molecule has 0 bridgehead atoms. The van der Waals surface area contributed by atoms with Crippen molar-refractivity contribution in [2.75, 3.05) is 5.75 Å². The fourth-order valence-electron chi connectivity index (χ4n) is 1.05. The number of nitrogens with one attached hydrogen (secondary N) is 1. The van der Waals surface area contributed by atoms with Gasteiger partial charge in [-0.05, 0) is 24.8 Å². The first-order valence-corrected chi connectivity index (χ1v) is 5.08. The van der Waals surface area contributed by atoms with Gasteiger partial charge < -0.3 is 5.73 Å². The lowest BCUT2D eigenvalue weighted by atomic mass is 10.2. The third-order valence-corrected chi connectivity index (χ3v) is 2.45. The molecule has 70 valence electrons. The molecule has 0 amide bonds. The summed E-state index contributed by atoms with van der Waals surface area (Å²) in [4.78, 5) is 4.33. The second-order valence-corrected chi connectivity index (χ2v) is 3.91. The number of nitrogen functional groups attached to an aromatic ring is 1. The summed E-state index contributed by atoms with van der Waals surface area (Å²) in [5.74, 6) is 1.09. The van der Waals surface area contributed by atoms with Crippen molar-refractivity contribution in [2.24, 2.45) is 5.73 Å². The van der Waals surface area contributed by atoms with Crippen LogP contribution in [0.3, 0.4) is 0 Å². The van der Waals surface area contributed by atoms with Crippen molar-refractivity contribution in [2.45, 2.75) is 18.9 Å². The van der Waals surface area contributed by atoms with Crippen molar-refractivity contribution in [3.05, 3.63) is 23.4 Å². The number of thioether (sulfide) groups is 1. The molecule has 0 saturated heterocycles. The maximum absolute atomic E-state index is 7.28. The molecular formula is C9H13N3S. The average Bonchev–Trinajstić information content (AvgIpc) is 2.04. The first-order valence-electron chi connectivity index (χ1n) is 4.10. The van der Waals surface area contributed by atoms with Gasteiger partial charge in [0.1, 0.15) is 5.84 Å². The number of pyridine rings is 1. The van der Waals surface area contributed by atoms with Gasteiger partial charge in [-0.1, -0.05) is 6.92 Å². The number of hydrogen-bond donors (Lipinski definition) is 2. The lowest BCUT2D eigenvalue weighted by Gasteiger charge is -2.04. The van der Waals surface area contributed by atoms with Crippen molar-refractivity contribution >= 4 is 17.6 Å². The van der Waals surface area contributed by atoms with Gasteiger partial charge in [0, 0.05) is 11.3 Å². The van der Waals surface area contributed by atoms with Gasteiger partial charge in [0.15, 0.2) is 0 Å². The van der Waals surface area contributed by atoms with E-state index in [0.717, 1.165) is 22.0 Å². The number of nitrogens with two attached hydrogens (primary N) is 1. The highest BCUT2D eigenvalue weighted by Crippen LogP contribution is 2.16. The average molecular weight is 195 g/mol. The minimum Gasteiger partial charge on any atom is -0.384 e. The van der Waals surface area contributed by atoms with Crippen LogP contribution < -0.4 is 5.73 Å². The zero-order valence-electron chi connectivity index (χ0n) is 7.79. The summed E-state index contributed by atoms with van der Waals surface area (Å²) in [5, 5.41) is 8.27. The third kappa shape index (κ3) is 2.45. The van der Waals surface area contributed by atoms with E-state index in [-0.39, 0.29) is 5.84 Å². The Hall–Kier alpha value is -1.03. The topological polar surface area (TPSA) is 62.8 Å². The highest BCUT2D eigenvalue weighted by Gasteiger charge is 2.03. The maximum atomic E-state index is 7.28. The van der Waals surface area contributed by atoms with E-state index in [1.807, 2.05) is 19.1 Å². The summed E-state index contributed by atoms with van der Waals surface area (Å²) < 4.78 is 0. The van der Waals surface area contributed by atoms with E-state index in [4.69, 9.17) is 11.1 Å². The fraction of sp³-hybridized carbons (Fsp3) is 0.333. The van der Waals surface area contributed by atoms with Gasteiger partial charge in [-0.25, -0.2) is 4.98 Å². The Morgan fingerprint density at radius 1 is 1.62 bits per heavy atom. The molecule has 13 heavy (non-hydrogen) atoms. The molecule has 0 fully saturated rings. The van der Waals surface area contributed by atoms with E-state index in [2.05, 4.69) is 11.9 Å². The molecular weight excluding hydrogens is 182 g/mol. The third-order valence-electron chi connectivity index (χ3n) is 1.64. The number of rotatable bonds is 3. The summed E-state index contributed by atoms with van der Waals surface area (Å²) in [6, 6.07) is 3.75. The highest BCUT2D eigenvalue weighted by atomic mass is 32.2. The van der Waals surface area contributed by atoms with E-state index < -0.39 is 0 Å². The zero-order valence-corrected chi connectivity index (χ0v) is 8.61. The van der Waals surface area contributed by atoms with Gasteiger partial charge in [-0.15, -0.1) is 11.8 Å². The number of amidine groups is 1. The van der Waals surface area contributed by atoms with Crippen LogP contribution in [-0.4, -0.2) is 16.6 Å². The molecule has 0 atom stereocenters. The zero-order chi connectivity index (χ0) is 9.84. The van der Waals surface area contributed by atoms with Crippen molar-refractivity contribution in [3.63, 3.8) is 0 Å². The molecule has 4 heteroatoms. The summed E-state index contributed by atoms with van der Waals surface area (Å²) in [6.45, 7) is 3.96. The SMILES string of the molecule is CCSc1ccc(C(=N)N)c(C)n1. The molecule has 0 aliphatic heterocycles. The molecule has 1 heterocycles. The van der Waals surface area contributed by atoms with Crippen LogP contribution in [0, 0.1) is 12.3 Å². The Kier molecular flexibility index (Phi) is 3.31. The summed E-state index contributed by atoms with van der Waals surface area (Å²) >= 11 is 1.69. The van der Waals surface area contributed by atoms with Crippen LogP contribution >= 0.6 is 11.8 Å². The van der Waals surface area contributed by atoms with E-state index in [9.17, 15) is 0 Å². The van der Waals surface area contributed by atoms with Crippen molar-refractivity contribution in [1.82, 2.24) is 4.98 Å². The second-order valence-electron chi connectivity index (χ2n) is 2.63. The summed E-state index contributed by atoms with van der Waals surface area (Å²) in [6.07, 6.45) is 0. The molecule has 0 unspecified atom stereocenters. The second kappa shape index (κ2) is 4.28. The van der Waals surface area contributed by atoms with Gasteiger partial charge in [0.05, 0.1) is 5.03 Å². The molecule has 0 spiro atoms. The highest BCUT2D eigenvalue weighted by molar-refractivity contribution is 7.99. The Labute approximate surface area is 82.3 Å². The fourth-order valence-corrected chi connectivity index (χ4v) is 1.71. The molecule has 0 radical (unpaired) electrons. The predicted molar refractivity (Wildman–Crippen MR) is 56.4 cm³/mol. The first kappa shape index (κ1) is 10.1. The summed E-state index contributed by atoms with van der Waals surface area (Å²) in [7, 11) is 0. The standard InChI is InChI=1S/C9H13N3S/c1-3-13-8-5-4-7(9(10)11)6(2)12-8/h4-5H,3H2,1-2H3,(H3,10,11). The quantitative estimate of drug-likeness (QED) is 0.439. The molecule has 3 nitrogen and oxygen atoms in total.